The van der Waals surface area contributed by atoms with Gasteiger partial charge >= 0.3 is 0 Å². The van der Waals surface area contributed by atoms with Crippen molar-refractivity contribution in [2.75, 3.05) is 0 Å². The van der Waals surface area contributed by atoms with Gasteiger partial charge in [-0.25, -0.2) is 0 Å². The molecule has 1 aromatic rings. The third-order valence-corrected chi connectivity index (χ3v) is 3.75. The van der Waals surface area contributed by atoms with Gasteiger partial charge in [0.2, 0.25) is 0 Å². The summed E-state index contributed by atoms with van der Waals surface area (Å²) in [6.07, 6.45) is 0. The van der Waals surface area contributed by atoms with Crippen LogP contribution in [0, 0.1) is 0 Å². The van der Waals surface area contributed by atoms with E-state index < -0.39 is 0 Å². The summed E-state index contributed by atoms with van der Waals surface area (Å²) < 4.78 is 1.08. The second kappa shape index (κ2) is 5.33. The molecule has 78 valence electrons. The zero-order valence-corrected chi connectivity index (χ0v) is 10.1. The SMILES string of the molecule is CC(NCc1sccc1Br)C(N)=NO. The molecule has 0 aliphatic heterocycles. The van der Waals surface area contributed by atoms with Gasteiger partial charge in [-0.1, -0.05) is 5.16 Å². The van der Waals surface area contributed by atoms with Crippen LogP contribution in [0.3, 0.4) is 0 Å². The average Bonchev–Trinajstić information content (AvgIpc) is 2.59. The second-order valence-electron chi connectivity index (χ2n) is 2.82. The molecule has 0 spiro atoms. The molecule has 1 unspecified atom stereocenters. The molecule has 14 heavy (non-hydrogen) atoms. The first-order chi connectivity index (χ1) is 6.65. The van der Waals surface area contributed by atoms with E-state index >= 15 is 0 Å². The van der Waals surface area contributed by atoms with Crippen LogP contribution in [0.2, 0.25) is 0 Å². The van der Waals surface area contributed by atoms with Crippen molar-refractivity contribution in [3.05, 3.63) is 20.8 Å². The van der Waals surface area contributed by atoms with Crippen LogP contribution in [0.4, 0.5) is 0 Å². The molecule has 4 N–H and O–H groups in total. The maximum absolute atomic E-state index is 8.43. The minimum absolute atomic E-state index is 0.131. The second-order valence-corrected chi connectivity index (χ2v) is 4.67. The van der Waals surface area contributed by atoms with Gasteiger partial charge in [-0.15, -0.1) is 11.3 Å². The Labute approximate surface area is 94.9 Å². The Hall–Kier alpha value is -0.590. The van der Waals surface area contributed by atoms with Crippen molar-refractivity contribution in [1.29, 1.82) is 0 Å². The molecule has 0 bridgehead atoms. The molecular weight excluding hydrogens is 266 g/mol. The number of hydrogen-bond acceptors (Lipinski definition) is 4. The molecule has 0 aliphatic carbocycles. The summed E-state index contributed by atoms with van der Waals surface area (Å²) in [6, 6.07) is 1.87. The largest absolute Gasteiger partial charge is 0.409 e. The molecule has 1 heterocycles. The predicted octanol–water partition coefficient (Wildman–Crippen LogP) is 1.74. The lowest BCUT2D eigenvalue weighted by molar-refractivity contribution is 0.315. The Morgan fingerprint density at radius 3 is 3.07 bits per heavy atom. The number of nitrogens with two attached hydrogens (primary N) is 1. The smallest absolute Gasteiger partial charge is 0.156 e. The normalized spacial score (nSPS) is 14.3. The van der Waals surface area contributed by atoms with Gasteiger partial charge in [0.25, 0.3) is 0 Å². The number of rotatable bonds is 4. The van der Waals surface area contributed by atoms with E-state index in [0.29, 0.717) is 6.54 Å². The molecule has 0 aromatic carbocycles. The van der Waals surface area contributed by atoms with Gasteiger partial charge in [0, 0.05) is 15.9 Å². The van der Waals surface area contributed by atoms with Crippen molar-refractivity contribution < 1.29 is 5.21 Å². The van der Waals surface area contributed by atoms with Crippen LogP contribution in [0.15, 0.2) is 21.1 Å². The molecule has 0 saturated carbocycles. The van der Waals surface area contributed by atoms with Crippen LogP contribution in [-0.2, 0) is 6.54 Å². The summed E-state index contributed by atoms with van der Waals surface area (Å²) in [6.45, 7) is 2.55. The number of thiophene rings is 1. The summed E-state index contributed by atoms with van der Waals surface area (Å²) >= 11 is 5.09. The molecule has 1 aromatic heterocycles. The van der Waals surface area contributed by atoms with Crippen molar-refractivity contribution in [2.24, 2.45) is 10.9 Å². The van der Waals surface area contributed by atoms with Crippen LogP contribution in [0.25, 0.3) is 0 Å². The fourth-order valence-electron chi connectivity index (χ4n) is 0.888. The zero-order chi connectivity index (χ0) is 10.6. The van der Waals surface area contributed by atoms with Gasteiger partial charge < -0.3 is 16.3 Å². The van der Waals surface area contributed by atoms with Crippen molar-refractivity contribution in [3.8, 4) is 0 Å². The predicted molar refractivity (Wildman–Crippen MR) is 61.7 cm³/mol. The van der Waals surface area contributed by atoms with Crippen molar-refractivity contribution in [1.82, 2.24) is 5.32 Å². The fraction of sp³-hybridized carbons (Fsp3) is 0.375. The summed E-state index contributed by atoms with van der Waals surface area (Å²) in [7, 11) is 0. The van der Waals surface area contributed by atoms with E-state index in [4.69, 9.17) is 10.9 Å². The number of nitrogens with zero attached hydrogens (tertiary/aromatic N) is 1. The van der Waals surface area contributed by atoms with Crippen molar-refractivity contribution >= 4 is 33.1 Å². The minimum atomic E-state index is -0.131. The first kappa shape index (κ1) is 11.5. The van der Waals surface area contributed by atoms with E-state index in [1.807, 2.05) is 18.4 Å². The topological polar surface area (TPSA) is 70.6 Å². The molecule has 0 amide bonds. The van der Waals surface area contributed by atoms with Gasteiger partial charge in [-0.3, -0.25) is 0 Å². The Morgan fingerprint density at radius 1 is 1.86 bits per heavy atom. The van der Waals surface area contributed by atoms with Crippen LogP contribution >= 0.6 is 27.3 Å². The van der Waals surface area contributed by atoms with E-state index in [2.05, 4.69) is 26.4 Å². The number of halogens is 1. The Kier molecular flexibility index (Phi) is 4.37. The highest BCUT2D eigenvalue weighted by molar-refractivity contribution is 9.10. The molecule has 0 aliphatic rings. The van der Waals surface area contributed by atoms with Gasteiger partial charge in [-0.2, -0.15) is 0 Å². The van der Waals surface area contributed by atoms with Gasteiger partial charge in [0.05, 0.1) is 6.04 Å². The van der Waals surface area contributed by atoms with Gasteiger partial charge in [-0.05, 0) is 34.3 Å². The highest BCUT2D eigenvalue weighted by atomic mass is 79.9. The molecule has 0 radical (unpaired) electrons. The molecule has 1 rings (SSSR count). The Bertz CT molecular complexity index is 326. The van der Waals surface area contributed by atoms with Crippen LogP contribution in [0.5, 0.6) is 0 Å². The summed E-state index contributed by atoms with van der Waals surface area (Å²) in [5.74, 6) is 0.192. The van der Waals surface area contributed by atoms with Gasteiger partial charge in [0.1, 0.15) is 0 Å². The average molecular weight is 278 g/mol. The maximum Gasteiger partial charge on any atom is 0.156 e. The minimum Gasteiger partial charge on any atom is -0.409 e. The lowest BCUT2D eigenvalue weighted by Gasteiger charge is -2.10. The molecule has 1 atom stereocenters. The van der Waals surface area contributed by atoms with Crippen LogP contribution < -0.4 is 11.1 Å². The molecule has 0 saturated heterocycles. The summed E-state index contributed by atoms with van der Waals surface area (Å²) in [5, 5.41) is 16.5. The summed E-state index contributed by atoms with van der Waals surface area (Å²) in [4.78, 5) is 1.20. The number of hydrogen-bond donors (Lipinski definition) is 3. The molecule has 4 nitrogen and oxygen atoms in total. The molecule has 6 heteroatoms. The van der Waals surface area contributed by atoms with Crippen LogP contribution in [0.1, 0.15) is 11.8 Å². The first-order valence-corrected chi connectivity index (χ1v) is 5.75. The van der Waals surface area contributed by atoms with E-state index in [1.165, 1.54) is 4.88 Å². The van der Waals surface area contributed by atoms with Gasteiger partial charge in [0.15, 0.2) is 5.84 Å². The highest BCUT2D eigenvalue weighted by Gasteiger charge is 2.08. The monoisotopic (exact) mass is 277 g/mol. The van der Waals surface area contributed by atoms with E-state index in [1.54, 1.807) is 11.3 Å². The van der Waals surface area contributed by atoms with E-state index in [9.17, 15) is 0 Å². The molecule has 0 fully saturated rings. The van der Waals surface area contributed by atoms with Crippen molar-refractivity contribution in [2.45, 2.75) is 19.5 Å². The molecular formula is C8H12BrN3OS. The van der Waals surface area contributed by atoms with Crippen LogP contribution in [-0.4, -0.2) is 17.1 Å². The lowest BCUT2D eigenvalue weighted by Crippen LogP contribution is -2.38. The zero-order valence-electron chi connectivity index (χ0n) is 7.70. The fourth-order valence-corrected chi connectivity index (χ4v) is 2.33. The third kappa shape index (κ3) is 2.97. The number of nitrogens with one attached hydrogen (secondary N) is 1. The standard InChI is InChI=1S/C8H12BrN3OS/c1-5(8(10)12-13)11-4-7-6(9)2-3-14-7/h2-3,5,11,13H,4H2,1H3,(H2,10,12). The van der Waals surface area contributed by atoms with E-state index in [0.717, 1.165) is 4.47 Å². The van der Waals surface area contributed by atoms with E-state index in [-0.39, 0.29) is 11.9 Å². The van der Waals surface area contributed by atoms with Crippen molar-refractivity contribution in [3.63, 3.8) is 0 Å². The summed E-state index contributed by atoms with van der Waals surface area (Å²) in [5.41, 5.74) is 5.42. The first-order valence-electron chi connectivity index (χ1n) is 4.07. The lowest BCUT2D eigenvalue weighted by atomic mass is 10.3. The number of oxime groups is 1. The third-order valence-electron chi connectivity index (χ3n) is 1.82. The highest BCUT2D eigenvalue weighted by Crippen LogP contribution is 2.22. The Balaban J connectivity index is 2.45. The quantitative estimate of drug-likeness (QED) is 0.340. The maximum atomic E-state index is 8.43. The Morgan fingerprint density at radius 2 is 2.57 bits per heavy atom. The number of amidine groups is 1.